The van der Waals surface area contributed by atoms with Crippen molar-refractivity contribution in [1.82, 2.24) is 9.55 Å². The molecular formula is C16H19N3O2S2. The maximum Gasteiger partial charge on any atom is 0.227 e. The van der Waals surface area contributed by atoms with E-state index in [1.807, 2.05) is 11.5 Å². The molecule has 0 unspecified atom stereocenters. The molecule has 0 saturated heterocycles. The molecule has 0 aromatic carbocycles. The molecule has 2 N–H and O–H groups in total. The SMILES string of the molecule is C=C(C)Cn1c(SCC(N)=O)nc2c(=O)c3c(sc21)CCCC3. The Hall–Kier alpha value is -1.60. The van der Waals surface area contributed by atoms with Crippen LogP contribution >= 0.6 is 23.1 Å². The first-order valence-corrected chi connectivity index (χ1v) is 9.38. The molecule has 7 heteroatoms. The molecule has 1 aliphatic carbocycles. The van der Waals surface area contributed by atoms with Crippen LogP contribution in [0.1, 0.15) is 30.2 Å². The van der Waals surface area contributed by atoms with Crippen molar-refractivity contribution in [3.8, 4) is 0 Å². The number of allylic oxidation sites excluding steroid dienone is 1. The molecule has 3 rings (SSSR count). The molecule has 122 valence electrons. The van der Waals surface area contributed by atoms with E-state index in [-0.39, 0.29) is 11.2 Å². The van der Waals surface area contributed by atoms with Gasteiger partial charge in [0.2, 0.25) is 11.3 Å². The quantitative estimate of drug-likeness (QED) is 0.664. The second-order valence-corrected chi connectivity index (χ2v) is 7.91. The number of nitrogens with zero attached hydrogens (tertiary/aromatic N) is 2. The van der Waals surface area contributed by atoms with Crippen LogP contribution < -0.4 is 11.2 Å². The molecule has 23 heavy (non-hydrogen) atoms. The normalized spacial score (nSPS) is 14.0. The number of carbonyl (C=O) groups excluding carboxylic acids is 1. The van der Waals surface area contributed by atoms with Gasteiger partial charge in [-0.25, -0.2) is 4.98 Å². The minimum atomic E-state index is -0.394. The van der Waals surface area contributed by atoms with Gasteiger partial charge in [-0.2, -0.15) is 0 Å². The van der Waals surface area contributed by atoms with Crippen molar-refractivity contribution in [3.05, 3.63) is 32.8 Å². The molecule has 2 aromatic heterocycles. The summed E-state index contributed by atoms with van der Waals surface area (Å²) in [6.07, 6.45) is 4.01. The van der Waals surface area contributed by atoms with E-state index in [0.717, 1.165) is 41.7 Å². The number of amides is 1. The first kappa shape index (κ1) is 16.3. The summed E-state index contributed by atoms with van der Waals surface area (Å²) in [4.78, 5) is 30.4. The number of thioether (sulfide) groups is 1. The molecule has 1 aliphatic rings. The van der Waals surface area contributed by atoms with Crippen LogP contribution in [0.5, 0.6) is 0 Å². The first-order chi connectivity index (χ1) is 11.0. The average Bonchev–Trinajstić information content (AvgIpc) is 2.83. The van der Waals surface area contributed by atoms with E-state index in [4.69, 9.17) is 5.73 Å². The van der Waals surface area contributed by atoms with E-state index in [1.54, 1.807) is 11.3 Å². The van der Waals surface area contributed by atoms with Gasteiger partial charge in [0.05, 0.1) is 5.75 Å². The molecule has 0 radical (unpaired) electrons. The number of aromatic nitrogens is 2. The fraction of sp³-hybridized carbons (Fsp3) is 0.438. The third-order valence-electron chi connectivity index (χ3n) is 3.78. The number of hydrogen-bond donors (Lipinski definition) is 1. The summed E-state index contributed by atoms with van der Waals surface area (Å²) in [6.45, 7) is 6.49. The van der Waals surface area contributed by atoms with Crippen LogP contribution in [0.25, 0.3) is 10.3 Å². The summed E-state index contributed by atoms with van der Waals surface area (Å²) in [5.41, 5.74) is 7.72. The fourth-order valence-electron chi connectivity index (χ4n) is 2.82. The van der Waals surface area contributed by atoms with Crippen LogP contribution in [-0.2, 0) is 24.2 Å². The highest BCUT2D eigenvalue weighted by Crippen LogP contribution is 2.31. The van der Waals surface area contributed by atoms with Gasteiger partial charge >= 0.3 is 0 Å². The van der Waals surface area contributed by atoms with Crippen molar-refractivity contribution in [1.29, 1.82) is 0 Å². The zero-order valence-corrected chi connectivity index (χ0v) is 14.7. The lowest BCUT2D eigenvalue weighted by atomic mass is 9.98. The zero-order chi connectivity index (χ0) is 16.6. The Labute approximate surface area is 142 Å². The molecular weight excluding hydrogens is 330 g/mol. The third-order valence-corrected chi connectivity index (χ3v) is 6.09. The van der Waals surface area contributed by atoms with Gasteiger partial charge in [0, 0.05) is 17.0 Å². The van der Waals surface area contributed by atoms with Crippen LogP contribution in [0.15, 0.2) is 22.1 Å². The van der Waals surface area contributed by atoms with Crippen molar-refractivity contribution in [3.63, 3.8) is 0 Å². The third kappa shape index (κ3) is 3.21. The predicted molar refractivity (Wildman–Crippen MR) is 95.3 cm³/mol. The summed E-state index contributed by atoms with van der Waals surface area (Å²) < 4.78 is 1.99. The Morgan fingerprint density at radius 2 is 2.17 bits per heavy atom. The van der Waals surface area contributed by atoms with Crippen LogP contribution in [-0.4, -0.2) is 21.2 Å². The Kier molecular flexibility index (Phi) is 4.59. The second kappa shape index (κ2) is 6.49. The molecule has 0 atom stereocenters. The molecule has 0 aliphatic heterocycles. The minimum absolute atomic E-state index is 0.0508. The van der Waals surface area contributed by atoms with Crippen LogP contribution in [0.4, 0.5) is 0 Å². The topological polar surface area (TPSA) is 78.0 Å². The maximum atomic E-state index is 12.8. The van der Waals surface area contributed by atoms with Crippen molar-refractivity contribution in [2.45, 2.75) is 44.3 Å². The number of carbonyl (C=O) groups is 1. The Balaban J connectivity index is 2.18. The summed E-state index contributed by atoms with van der Waals surface area (Å²) in [6, 6.07) is 0. The van der Waals surface area contributed by atoms with Crippen LogP contribution in [0, 0.1) is 0 Å². The maximum absolute atomic E-state index is 12.8. The zero-order valence-electron chi connectivity index (χ0n) is 13.1. The van der Waals surface area contributed by atoms with E-state index in [1.165, 1.54) is 16.6 Å². The summed E-state index contributed by atoms with van der Waals surface area (Å²) in [5, 5.41) is 0.664. The Bertz CT molecular complexity index is 851. The van der Waals surface area contributed by atoms with Gasteiger partial charge in [0.1, 0.15) is 10.3 Å². The minimum Gasteiger partial charge on any atom is -0.369 e. The van der Waals surface area contributed by atoms with Crippen LogP contribution in [0.2, 0.25) is 0 Å². The van der Waals surface area contributed by atoms with Gasteiger partial charge in [-0.3, -0.25) is 9.59 Å². The highest BCUT2D eigenvalue weighted by molar-refractivity contribution is 7.99. The molecule has 1 amide bonds. The van der Waals surface area contributed by atoms with Crippen molar-refractivity contribution in [2.75, 3.05) is 5.75 Å². The first-order valence-electron chi connectivity index (χ1n) is 7.58. The molecule has 0 saturated carbocycles. The number of rotatable bonds is 5. The summed E-state index contributed by atoms with van der Waals surface area (Å²) in [5.74, 6) is -0.243. The van der Waals surface area contributed by atoms with E-state index in [0.29, 0.717) is 17.2 Å². The van der Waals surface area contributed by atoms with E-state index >= 15 is 0 Å². The molecule has 0 spiro atoms. The number of imidazole rings is 1. The second-order valence-electron chi connectivity index (χ2n) is 5.89. The van der Waals surface area contributed by atoms with Gasteiger partial charge in [0.25, 0.3) is 0 Å². The van der Waals surface area contributed by atoms with E-state index in [9.17, 15) is 9.59 Å². The number of fused-ring (bicyclic) bond motifs is 2. The van der Waals surface area contributed by atoms with Crippen LogP contribution in [0.3, 0.4) is 0 Å². The highest BCUT2D eigenvalue weighted by atomic mass is 32.2. The monoisotopic (exact) mass is 349 g/mol. The van der Waals surface area contributed by atoms with Gasteiger partial charge < -0.3 is 10.3 Å². The fourth-order valence-corrected chi connectivity index (χ4v) is 4.91. The van der Waals surface area contributed by atoms with Crippen molar-refractivity contribution in [2.24, 2.45) is 5.73 Å². The average molecular weight is 349 g/mol. The lowest BCUT2D eigenvalue weighted by Gasteiger charge is -2.14. The molecule has 0 fully saturated rings. The van der Waals surface area contributed by atoms with Gasteiger partial charge in [-0.15, -0.1) is 11.3 Å². The van der Waals surface area contributed by atoms with E-state index < -0.39 is 5.91 Å². The van der Waals surface area contributed by atoms with Gasteiger partial charge in [-0.05, 0) is 32.6 Å². The standard InChI is InChI=1S/C16H19N3O2S2/c1-9(2)7-19-15-13(18-16(19)22-8-12(17)20)14(21)10-5-3-4-6-11(10)23-15/h1,3-8H2,2H3,(H2,17,20). The molecule has 0 bridgehead atoms. The Morgan fingerprint density at radius 1 is 1.43 bits per heavy atom. The number of hydrogen-bond acceptors (Lipinski definition) is 5. The number of primary amides is 1. The molecule has 5 nitrogen and oxygen atoms in total. The summed E-state index contributed by atoms with van der Waals surface area (Å²) >= 11 is 2.94. The number of nitrogens with two attached hydrogens (primary N) is 1. The largest absolute Gasteiger partial charge is 0.369 e. The molecule has 2 heterocycles. The highest BCUT2D eigenvalue weighted by Gasteiger charge is 2.21. The Morgan fingerprint density at radius 3 is 2.87 bits per heavy atom. The lowest BCUT2D eigenvalue weighted by Crippen LogP contribution is -2.15. The predicted octanol–water partition coefficient (Wildman–Crippen LogP) is 2.49. The smallest absolute Gasteiger partial charge is 0.227 e. The van der Waals surface area contributed by atoms with Crippen molar-refractivity contribution < 1.29 is 4.79 Å². The lowest BCUT2D eigenvalue weighted by molar-refractivity contribution is -0.115. The molecule has 2 aromatic rings. The van der Waals surface area contributed by atoms with Crippen molar-refractivity contribution >= 4 is 39.4 Å². The van der Waals surface area contributed by atoms with Gasteiger partial charge in [-0.1, -0.05) is 23.9 Å². The summed E-state index contributed by atoms with van der Waals surface area (Å²) in [7, 11) is 0. The number of aryl methyl sites for hydroxylation is 1. The van der Waals surface area contributed by atoms with Gasteiger partial charge in [0.15, 0.2) is 5.16 Å². The van der Waals surface area contributed by atoms with E-state index in [2.05, 4.69) is 11.6 Å².